The van der Waals surface area contributed by atoms with E-state index in [9.17, 15) is 18.0 Å². The van der Waals surface area contributed by atoms with E-state index in [4.69, 9.17) is 16.3 Å². The molecule has 3 nitrogen and oxygen atoms in total. The van der Waals surface area contributed by atoms with Gasteiger partial charge >= 0.3 is 12.1 Å². The topological polar surface area (TPSA) is 39.2 Å². The number of alkyl halides is 3. The van der Waals surface area contributed by atoms with Crippen LogP contribution in [0.3, 0.4) is 0 Å². The molecule has 0 N–H and O–H groups in total. The van der Waals surface area contributed by atoms with Crippen molar-refractivity contribution >= 4 is 17.6 Å². The third-order valence-electron chi connectivity index (χ3n) is 2.91. The average molecular weight is 330 g/mol. The summed E-state index contributed by atoms with van der Waals surface area (Å²) < 4.78 is 42.7. The Morgan fingerprint density at radius 3 is 2.41 bits per heavy atom. The number of halogens is 4. The molecule has 0 aliphatic carbocycles. The fourth-order valence-electron chi connectivity index (χ4n) is 1.91. The van der Waals surface area contributed by atoms with E-state index in [1.165, 1.54) is 24.4 Å². The van der Waals surface area contributed by atoms with Crippen LogP contribution in [0.2, 0.25) is 5.15 Å². The highest BCUT2D eigenvalue weighted by Gasteiger charge is 2.30. The molecule has 1 aromatic heterocycles. The number of esters is 1. The van der Waals surface area contributed by atoms with Crippen LogP contribution in [0.5, 0.6) is 0 Å². The van der Waals surface area contributed by atoms with Gasteiger partial charge in [-0.15, -0.1) is 0 Å². The zero-order valence-corrected chi connectivity index (χ0v) is 12.2. The van der Waals surface area contributed by atoms with E-state index < -0.39 is 17.7 Å². The van der Waals surface area contributed by atoms with Gasteiger partial charge in [0.1, 0.15) is 10.7 Å². The molecular formula is C15H11ClF3NO2. The van der Waals surface area contributed by atoms with Gasteiger partial charge in [-0.05, 0) is 30.7 Å². The second-order valence-corrected chi connectivity index (χ2v) is 4.68. The first-order valence-corrected chi connectivity index (χ1v) is 6.71. The van der Waals surface area contributed by atoms with E-state index >= 15 is 0 Å². The zero-order valence-electron chi connectivity index (χ0n) is 11.4. The molecule has 0 unspecified atom stereocenters. The first-order chi connectivity index (χ1) is 10.3. The number of benzene rings is 1. The maximum absolute atomic E-state index is 12.6. The molecule has 22 heavy (non-hydrogen) atoms. The molecule has 2 rings (SSSR count). The third kappa shape index (κ3) is 3.39. The van der Waals surface area contributed by atoms with Crippen molar-refractivity contribution < 1.29 is 22.7 Å². The normalized spacial score (nSPS) is 11.3. The quantitative estimate of drug-likeness (QED) is 0.610. The van der Waals surface area contributed by atoms with Crippen molar-refractivity contribution in [2.24, 2.45) is 0 Å². The van der Waals surface area contributed by atoms with E-state index in [0.29, 0.717) is 11.1 Å². The van der Waals surface area contributed by atoms with Crippen LogP contribution in [0.4, 0.5) is 13.2 Å². The summed E-state index contributed by atoms with van der Waals surface area (Å²) in [5, 5.41) is -0.0594. The third-order valence-corrected chi connectivity index (χ3v) is 3.19. The fourth-order valence-corrected chi connectivity index (χ4v) is 2.15. The summed E-state index contributed by atoms with van der Waals surface area (Å²) in [4.78, 5) is 15.8. The molecule has 1 heterocycles. The smallest absolute Gasteiger partial charge is 0.416 e. The molecule has 0 aliphatic rings. The van der Waals surface area contributed by atoms with Crippen LogP contribution in [0.25, 0.3) is 11.1 Å². The highest BCUT2D eigenvalue weighted by molar-refractivity contribution is 6.33. The Morgan fingerprint density at radius 2 is 1.86 bits per heavy atom. The molecule has 0 atom stereocenters. The molecule has 0 bridgehead atoms. The summed E-state index contributed by atoms with van der Waals surface area (Å²) in [6.45, 7) is 1.79. The second kappa shape index (κ2) is 6.36. The van der Waals surface area contributed by atoms with Gasteiger partial charge in [-0.3, -0.25) is 0 Å². The van der Waals surface area contributed by atoms with Gasteiger partial charge in [-0.2, -0.15) is 13.2 Å². The van der Waals surface area contributed by atoms with Crippen LogP contribution >= 0.6 is 11.6 Å². The Labute approximate surface area is 129 Å². The van der Waals surface area contributed by atoms with Crippen LogP contribution in [0, 0.1) is 0 Å². The Morgan fingerprint density at radius 1 is 1.23 bits per heavy atom. The van der Waals surface area contributed by atoms with Gasteiger partial charge in [-0.25, -0.2) is 9.78 Å². The van der Waals surface area contributed by atoms with E-state index in [0.717, 1.165) is 12.1 Å². The number of ether oxygens (including phenoxy) is 1. The summed E-state index contributed by atoms with van der Waals surface area (Å²) >= 11 is 5.92. The van der Waals surface area contributed by atoms with Gasteiger partial charge in [0.05, 0.1) is 12.2 Å². The minimum atomic E-state index is -4.42. The zero-order chi connectivity index (χ0) is 16.3. The number of pyridine rings is 1. The molecule has 2 aromatic rings. The summed E-state index contributed by atoms with van der Waals surface area (Å²) in [6.07, 6.45) is -3.05. The summed E-state index contributed by atoms with van der Waals surface area (Å²) in [5.74, 6) is -0.671. The molecule has 0 amide bonds. The van der Waals surface area contributed by atoms with Crippen LogP contribution in [0.1, 0.15) is 22.8 Å². The van der Waals surface area contributed by atoms with Crippen molar-refractivity contribution in [1.29, 1.82) is 0 Å². The lowest BCUT2D eigenvalue weighted by Crippen LogP contribution is -2.08. The van der Waals surface area contributed by atoms with Gasteiger partial charge < -0.3 is 4.74 Å². The first-order valence-electron chi connectivity index (χ1n) is 6.34. The number of nitrogens with zero attached hydrogens (tertiary/aromatic N) is 1. The Hall–Kier alpha value is -2.08. The van der Waals surface area contributed by atoms with Gasteiger partial charge in [-0.1, -0.05) is 23.7 Å². The Balaban J connectivity index is 2.49. The van der Waals surface area contributed by atoms with Crippen molar-refractivity contribution in [2.45, 2.75) is 13.1 Å². The number of hydrogen-bond donors (Lipinski definition) is 0. The van der Waals surface area contributed by atoms with Gasteiger partial charge in [0.15, 0.2) is 0 Å². The minimum absolute atomic E-state index is 0.0331. The number of aromatic nitrogens is 1. The molecule has 0 aliphatic heterocycles. The van der Waals surface area contributed by atoms with Crippen molar-refractivity contribution in [3.05, 3.63) is 52.8 Å². The number of carbonyl (C=O) groups excluding carboxylic acids is 1. The van der Waals surface area contributed by atoms with Gasteiger partial charge in [0.2, 0.25) is 0 Å². The van der Waals surface area contributed by atoms with Crippen molar-refractivity contribution in [3.8, 4) is 11.1 Å². The van der Waals surface area contributed by atoms with Crippen LogP contribution in [0.15, 0.2) is 36.5 Å². The molecule has 7 heteroatoms. The molecule has 0 saturated heterocycles. The minimum Gasteiger partial charge on any atom is -0.462 e. The standard InChI is InChI=1S/C15H11ClF3NO2/c1-2-22-14(21)12-11(7-8-20-13(12)16)9-3-5-10(6-4-9)15(17,18)19/h3-8H,2H2,1H3. The predicted octanol–water partition coefficient (Wildman–Crippen LogP) is 4.60. The maximum atomic E-state index is 12.6. The van der Waals surface area contributed by atoms with E-state index in [1.807, 2.05) is 0 Å². The largest absolute Gasteiger partial charge is 0.462 e. The van der Waals surface area contributed by atoms with E-state index in [-0.39, 0.29) is 17.3 Å². The lowest BCUT2D eigenvalue weighted by molar-refractivity contribution is -0.137. The van der Waals surface area contributed by atoms with Gasteiger partial charge in [0.25, 0.3) is 0 Å². The van der Waals surface area contributed by atoms with Crippen LogP contribution < -0.4 is 0 Å². The average Bonchev–Trinajstić information content (AvgIpc) is 2.46. The molecule has 1 aromatic carbocycles. The summed E-state index contributed by atoms with van der Waals surface area (Å²) in [5.41, 5.74) is 0.0485. The molecule has 0 saturated carbocycles. The predicted molar refractivity (Wildman–Crippen MR) is 75.6 cm³/mol. The maximum Gasteiger partial charge on any atom is 0.416 e. The van der Waals surface area contributed by atoms with Crippen molar-refractivity contribution in [1.82, 2.24) is 4.98 Å². The second-order valence-electron chi connectivity index (χ2n) is 4.32. The molecule has 0 radical (unpaired) electrons. The molecule has 0 spiro atoms. The first kappa shape index (κ1) is 16.3. The summed E-state index contributed by atoms with van der Waals surface area (Å²) in [7, 11) is 0. The SMILES string of the molecule is CCOC(=O)c1c(-c2ccc(C(F)(F)F)cc2)ccnc1Cl. The lowest BCUT2D eigenvalue weighted by Gasteiger charge is -2.11. The lowest BCUT2D eigenvalue weighted by atomic mass is 10.0. The highest BCUT2D eigenvalue weighted by atomic mass is 35.5. The fraction of sp³-hybridized carbons (Fsp3) is 0.200. The van der Waals surface area contributed by atoms with Crippen molar-refractivity contribution in [3.63, 3.8) is 0 Å². The molecule has 0 fully saturated rings. The van der Waals surface area contributed by atoms with Crippen LogP contribution in [-0.2, 0) is 10.9 Å². The highest BCUT2D eigenvalue weighted by Crippen LogP contribution is 2.33. The number of carbonyl (C=O) groups is 1. The summed E-state index contributed by atoms with van der Waals surface area (Å²) in [6, 6.07) is 5.94. The Kier molecular flexibility index (Phi) is 4.71. The van der Waals surface area contributed by atoms with E-state index in [2.05, 4.69) is 4.98 Å². The number of rotatable bonds is 3. The monoisotopic (exact) mass is 329 g/mol. The van der Waals surface area contributed by atoms with Gasteiger partial charge in [0, 0.05) is 11.8 Å². The van der Waals surface area contributed by atoms with E-state index in [1.54, 1.807) is 6.92 Å². The van der Waals surface area contributed by atoms with Crippen LogP contribution in [-0.4, -0.2) is 17.6 Å². The molecular weight excluding hydrogens is 319 g/mol. The molecule has 116 valence electrons. The van der Waals surface area contributed by atoms with Crippen molar-refractivity contribution in [2.75, 3.05) is 6.61 Å². The number of hydrogen-bond acceptors (Lipinski definition) is 3. The Bertz CT molecular complexity index is 684.